The van der Waals surface area contributed by atoms with Crippen molar-refractivity contribution < 1.29 is 9.84 Å². The minimum Gasteiger partial charge on any atom is -0.389 e. The zero-order valence-corrected chi connectivity index (χ0v) is 16.5. The van der Waals surface area contributed by atoms with E-state index in [0.717, 1.165) is 22.4 Å². The van der Waals surface area contributed by atoms with E-state index in [1.54, 1.807) is 0 Å². The molecule has 3 aromatic rings. The zero-order chi connectivity index (χ0) is 17.8. The Morgan fingerprint density at radius 2 is 1.81 bits per heavy atom. The number of hydrogen-bond acceptors (Lipinski definition) is 3. The summed E-state index contributed by atoms with van der Waals surface area (Å²) in [5.41, 5.74) is 3.04. The maximum atomic E-state index is 10.4. The van der Waals surface area contributed by atoms with E-state index in [4.69, 9.17) is 21.3 Å². The van der Waals surface area contributed by atoms with Crippen LogP contribution in [0.5, 0.6) is 0 Å². The topological polar surface area (TPSA) is 47.3 Å². The third-order valence-corrected chi connectivity index (χ3v) is 4.34. The Labute approximate surface area is 165 Å². The number of hydrogen-bond donors (Lipinski definition) is 1. The largest absolute Gasteiger partial charge is 0.389 e. The monoisotopic (exact) mass is 394 g/mol. The summed E-state index contributed by atoms with van der Waals surface area (Å²) in [7, 11) is 0. The minimum absolute atomic E-state index is 0. The summed E-state index contributed by atoms with van der Waals surface area (Å²) in [6.07, 6.45) is -0.595. The van der Waals surface area contributed by atoms with Gasteiger partial charge in [-0.25, -0.2) is 4.98 Å². The van der Waals surface area contributed by atoms with Gasteiger partial charge in [-0.2, -0.15) is 0 Å². The van der Waals surface area contributed by atoms with Gasteiger partial charge in [-0.1, -0.05) is 49.7 Å². The molecule has 6 heteroatoms. The van der Waals surface area contributed by atoms with E-state index in [2.05, 4.69) is 18.4 Å². The molecule has 0 spiro atoms. The third-order valence-electron chi connectivity index (χ3n) is 4.09. The van der Waals surface area contributed by atoms with Gasteiger partial charge < -0.3 is 14.4 Å². The lowest BCUT2D eigenvalue weighted by molar-refractivity contribution is 0.0204. The number of ether oxygens (including phenoxy) is 1. The lowest BCUT2D eigenvalue weighted by Gasteiger charge is -2.16. The minimum atomic E-state index is -0.595. The van der Waals surface area contributed by atoms with Crippen LogP contribution in [0, 0.1) is 0 Å². The van der Waals surface area contributed by atoms with Crippen LogP contribution in [-0.4, -0.2) is 27.4 Å². The molecule has 0 fully saturated rings. The second kappa shape index (κ2) is 9.38. The smallest absolute Gasteiger partial charge is 0.112 e. The van der Waals surface area contributed by atoms with Crippen molar-refractivity contribution in [3.05, 3.63) is 64.9 Å². The normalized spacial score (nSPS) is 12.3. The second-order valence-electron chi connectivity index (χ2n) is 6.52. The fourth-order valence-corrected chi connectivity index (χ4v) is 3.01. The molecule has 0 saturated heterocycles. The van der Waals surface area contributed by atoms with Crippen LogP contribution in [0.4, 0.5) is 0 Å². The highest BCUT2D eigenvalue weighted by Gasteiger charge is 2.16. The molecule has 1 atom stereocenters. The predicted molar refractivity (Wildman–Crippen MR) is 108 cm³/mol. The van der Waals surface area contributed by atoms with Crippen LogP contribution in [0.2, 0.25) is 5.02 Å². The van der Waals surface area contributed by atoms with Crippen molar-refractivity contribution in [1.29, 1.82) is 0 Å². The summed E-state index contributed by atoms with van der Waals surface area (Å²) in [5.74, 6) is 1.27. The van der Waals surface area contributed by atoms with Crippen LogP contribution < -0.4 is 0 Å². The molecular formula is C20H24Cl2N2O2. The fraction of sp³-hybridized carbons (Fsp3) is 0.350. The molecule has 0 aliphatic heterocycles. The first kappa shape index (κ1) is 20.7. The molecule has 0 amide bonds. The average molecular weight is 395 g/mol. The third kappa shape index (κ3) is 4.98. The van der Waals surface area contributed by atoms with Gasteiger partial charge in [0.05, 0.1) is 36.9 Å². The van der Waals surface area contributed by atoms with Crippen LogP contribution in [-0.2, 0) is 17.9 Å². The Morgan fingerprint density at radius 3 is 2.50 bits per heavy atom. The van der Waals surface area contributed by atoms with E-state index in [-0.39, 0.29) is 24.9 Å². The highest BCUT2D eigenvalue weighted by Crippen LogP contribution is 2.22. The maximum absolute atomic E-state index is 10.4. The van der Waals surface area contributed by atoms with E-state index in [9.17, 15) is 5.11 Å². The van der Waals surface area contributed by atoms with Crippen molar-refractivity contribution in [2.24, 2.45) is 0 Å². The molecule has 1 aromatic heterocycles. The Hall–Kier alpha value is -1.59. The van der Waals surface area contributed by atoms with Crippen molar-refractivity contribution in [1.82, 2.24) is 9.55 Å². The molecule has 1 unspecified atom stereocenters. The fourth-order valence-electron chi connectivity index (χ4n) is 2.88. The van der Waals surface area contributed by atoms with Crippen molar-refractivity contribution in [3.8, 4) is 0 Å². The average Bonchev–Trinajstić information content (AvgIpc) is 2.96. The number of aliphatic hydroxyl groups excluding tert-OH is 1. The number of aromatic nitrogens is 2. The number of rotatable bonds is 7. The van der Waals surface area contributed by atoms with Gasteiger partial charge in [-0.15, -0.1) is 12.4 Å². The second-order valence-corrected chi connectivity index (χ2v) is 6.96. The number of aliphatic hydroxyl groups is 1. The summed E-state index contributed by atoms with van der Waals surface area (Å²) in [6.45, 7) is 5.42. The summed E-state index contributed by atoms with van der Waals surface area (Å²) >= 11 is 5.87. The molecule has 140 valence electrons. The van der Waals surface area contributed by atoms with Crippen LogP contribution >= 0.6 is 24.0 Å². The lowest BCUT2D eigenvalue weighted by Crippen LogP contribution is -2.23. The van der Waals surface area contributed by atoms with Crippen molar-refractivity contribution in [2.75, 3.05) is 6.61 Å². The van der Waals surface area contributed by atoms with E-state index in [1.165, 1.54) is 0 Å². The Morgan fingerprint density at radius 1 is 1.12 bits per heavy atom. The van der Waals surface area contributed by atoms with Gasteiger partial charge >= 0.3 is 0 Å². The highest BCUT2D eigenvalue weighted by atomic mass is 35.5. The number of imidazole rings is 1. The molecular weight excluding hydrogens is 371 g/mol. The van der Waals surface area contributed by atoms with Gasteiger partial charge in [-0.3, -0.25) is 0 Å². The number of fused-ring (bicyclic) bond motifs is 1. The molecule has 26 heavy (non-hydrogen) atoms. The van der Waals surface area contributed by atoms with Gasteiger partial charge in [0.25, 0.3) is 0 Å². The van der Waals surface area contributed by atoms with E-state index < -0.39 is 6.10 Å². The van der Waals surface area contributed by atoms with Crippen molar-refractivity contribution in [3.63, 3.8) is 0 Å². The molecule has 0 saturated carbocycles. The van der Waals surface area contributed by atoms with E-state index in [1.807, 2.05) is 48.5 Å². The molecule has 1 heterocycles. The summed E-state index contributed by atoms with van der Waals surface area (Å²) < 4.78 is 7.75. The quantitative estimate of drug-likeness (QED) is 0.625. The standard InChI is InChI=1S/C20H23ClN2O2.ClH/c1-14(2)20-22-18-5-3-4-6-19(18)23(20)11-17(24)13-25-12-15-7-9-16(21)10-8-15;/h3-10,14,17,24H,11-13H2,1-2H3;1H. The molecule has 0 bridgehead atoms. The van der Waals surface area contributed by atoms with Gasteiger partial charge in [0, 0.05) is 10.9 Å². The molecule has 1 N–H and O–H groups in total. The van der Waals surface area contributed by atoms with Gasteiger partial charge in [0.2, 0.25) is 0 Å². The van der Waals surface area contributed by atoms with Crippen LogP contribution in [0.3, 0.4) is 0 Å². The molecule has 3 rings (SSSR count). The first-order valence-corrected chi connectivity index (χ1v) is 8.88. The molecule has 0 aliphatic carbocycles. The van der Waals surface area contributed by atoms with Crippen molar-refractivity contribution >= 4 is 35.0 Å². The summed E-state index contributed by atoms with van der Waals surface area (Å²) in [6, 6.07) is 15.5. The van der Waals surface area contributed by atoms with Crippen molar-refractivity contribution in [2.45, 2.75) is 39.0 Å². The number of benzene rings is 2. The van der Waals surface area contributed by atoms with Gasteiger partial charge in [0.15, 0.2) is 0 Å². The van der Waals surface area contributed by atoms with Crippen LogP contribution in [0.15, 0.2) is 48.5 Å². The van der Waals surface area contributed by atoms with Gasteiger partial charge in [0.1, 0.15) is 5.82 Å². The highest BCUT2D eigenvalue weighted by molar-refractivity contribution is 6.30. The summed E-state index contributed by atoms with van der Waals surface area (Å²) in [4.78, 5) is 4.70. The Bertz CT molecular complexity index is 831. The molecule has 2 aromatic carbocycles. The van der Waals surface area contributed by atoms with E-state index in [0.29, 0.717) is 18.2 Å². The SMILES string of the molecule is CC(C)c1nc2ccccc2n1CC(O)COCc1ccc(Cl)cc1.Cl. The van der Waals surface area contributed by atoms with Gasteiger partial charge in [-0.05, 0) is 29.8 Å². The maximum Gasteiger partial charge on any atom is 0.112 e. The molecule has 0 radical (unpaired) electrons. The first-order valence-electron chi connectivity index (χ1n) is 8.50. The predicted octanol–water partition coefficient (Wildman–Crippen LogP) is 4.81. The van der Waals surface area contributed by atoms with Crippen LogP contribution in [0.1, 0.15) is 31.2 Å². The first-order chi connectivity index (χ1) is 12.0. The number of nitrogens with zero attached hydrogens (tertiary/aromatic N) is 2. The number of para-hydroxylation sites is 2. The molecule has 4 nitrogen and oxygen atoms in total. The van der Waals surface area contributed by atoms with E-state index >= 15 is 0 Å². The molecule has 0 aliphatic rings. The van der Waals surface area contributed by atoms with Crippen LogP contribution in [0.25, 0.3) is 11.0 Å². The lowest BCUT2D eigenvalue weighted by atomic mass is 10.2. The zero-order valence-electron chi connectivity index (χ0n) is 14.9. The Balaban J connectivity index is 0.00000243. The Kier molecular flexibility index (Phi) is 7.47. The number of halogens is 2. The summed E-state index contributed by atoms with van der Waals surface area (Å²) in [5, 5.41) is 11.1.